The first-order chi connectivity index (χ1) is 16.0. The van der Waals surface area contributed by atoms with Crippen molar-refractivity contribution >= 4 is 0 Å². The molecule has 194 valence electrons. The fraction of sp³-hybridized carbons (Fsp3) is 0.800. The molecule has 34 heavy (non-hydrogen) atoms. The third-order valence-electron chi connectivity index (χ3n) is 9.47. The SMILES string of the molecule is C=C1/C(=C/C=C2\CCC[C@]3(C)[C@@H]([C@@H](C)CCCC(C)(C)O)CC[C@@H]23)C[C@@H](O)[C@H](CCCO)[C@@H]1O. The van der Waals surface area contributed by atoms with Crippen LogP contribution in [-0.4, -0.2) is 44.8 Å². The predicted octanol–water partition coefficient (Wildman–Crippen LogP) is 5.70. The number of aliphatic hydroxyl groups is 4. The number of hydrogen-bond acceptors (Lipinski definition) is 4. The second kappa shape index (κ2) is 11.4. The van der Waals surface area contributed by atoms with Crippen LogP contribution >= 0.6 is 0 Å². The highest BCUT2D eigenvalue weighted by Crippen LogP contribution is 2.60. The maximum Gasteiger partial charge on any atom is 0.0839 e. The molecule has 0 aromatic heterocycles. The molecule has 3 aliphatic carbocycles. The van der Waals surface area contributed by atoms with Crippen molar-refractivity contribution in [1.82, 2.24) is 0 Å². The van der Waals surface area contributed by atoms with Crippen molar-refractivity contribution in [2.75, 3.05) is 6.61 Å². The summed E-state index contributed by atoms with van der Waals surface area (Å²) in [5, 5.41) is 40.6. The van der Waals surface area contributed by atoms with E-state index in [-0.39, 0.29) is 12.5 Å². The van der Waals surface area contributed by atoms with Crippen LogP contribution < -0.4 is 0 Å². The van der Waals surface area contributed by atoms with Crippen molar-refractivity contribution in [2.45, 2.75) is 116 Å². The van der Waals surface area contributed by atoms with Gasteiger partial charge in [0.15, 0.2) is 0 Å². The maximum atomic E-state index is 10.7. The highest BCUT2D eigenvalue weighted by Gasteiger charge is 2.50. The molecule has 3 fully saturated rings. The summed E-state index contributed by atoms with van der Waals surface area (Å²) in [5.41, 5.74) is 3.00. The van der Waals surface area contributed by atoms with Gasteiger partial charge in [-0.25, -0.2) is 0 Å². The molecular weight excluding hydrogens is 424 g/mol. The normalized spacial score (nSPS) is 37.9. The van der Waals surface area contributed by atoms with Gasteiger partial charge >= 0.3 is 0 Å². The highest BCUT2D eigenvalue weighted by molar-refractivity contribution is 5.39. The lowest BCUT2D eigenvalue weighted by Gasteiger charge is -2.44. The molecule has 4 nitrogen and oxygen atoms in total. The van der Waals surface area contributed by atoms with Gasteiger partial charge < -0.3 is 20.4 Å². The lowest BCUT2D eigenvalue weighted by atomic mass is 9.60. The van der Waals surface area contributed by atoms with Gasteiger partial charge in [0.2, 0.25) is 0 Å². The van der Waals surface area contributed by atoms with E-state index in [0.717, 1.165) is 36.3 Å². The average molecular weight is 475 g/mol. The molecule has 0 unspecified atom stereocenters. The van der Waals surface area contributed by atoms with Gasteiger partial charge in [0.1, 0.15) is 0 Å². The Bertz CT molecular complexity index is 760. The van der Waals surface area contributed by atoms with Crippen molar-refractivity contribution in [1.29, 1.82) is 0 Å². The van der Waals surface area contributed by atoms with Crippen LogP contribution in [0.2, 0.25) is 0 Å². The Balaban J connectivity index is 1.69. The Morgan fingerprint density at radius 2 is 1.91 bits per heavy atom. The van der Waals surface area contributed by atoms with Crippen molar-refractivity contribution in [2.24, 2.45) is 29.1 Å². The predicted molar refractivity (Wildman–Crippen MR) is 139 cm³/mol. The van der Waals surface area contributed by atoms with Gasteiger partial charge in [-0.1, -0.05) is 51.0 Å². The summed E-state index contributed by atoms with van der Waals surface area (Å²) >= 11 is 0. The number of rotatable bonds is 9. The quantitative estimate of drug-likeness (QED) is 0.345. The Labute approximate surface area is 207 Å². The highest BCUT2D eigenvalue weighted by atomic mass is 16.3. The molecule has 3 saturated carbocycles. The van der Waals surface area contributed by atoms with Crippen LogP contribution in [0.25, 0.3) is 0 Å². The fourth-order valence-corrected chi connectivity index (χ4v) is 7.50. The largest absolute Gasteiger partial charge is 0.396 e. The van der Waals surface area contributed by atoms with E-state index in [2.05, 4.69) is 32.6 Å². The summed E-state index contributed by atoms with van der Waals surface area (Å²) in [6, 6.07) is 0. The molecule has 4 heteroatoms. The van der Waals surface area contributed by atoms with Gasteiger partial charge in [0.25, 0.3) is 0 Å². The summed E-state index contributed by atoms with van der Waals surface area (Å²) in [5.74, 6) is 1.78. The molecule has 0 saturated heterocycles. The van der Waals surface area contributed by atoms with E-state index < -0.39 is 17.8 Å². The zero-order valence-corrected chi connectivity index (χ0v) is 22.1. The molecule has 0 heterocycles. The van der Waals surface area contributed by atoms with Crippen molar-refractivity contribution in [3.63, 3.8) is 0 Å². The van der Waals surface area contributed by atoms with Gasteiger partial charge in [-0.2, -0.15) is 0 Å². The molecule has 0 aromatic rings. The van der Waals surface area contributed by atoms with Gasteiger partial charge in [0, 0.05) is 12.5 Å². The molecule has 0 amide bonds. The molecule has 0 aromatic carbocycles. The molecule has 0 spiro atoms. The van der Waals surface area contributed by atoms with E-state index in [1.807, 2.05) is 13.8 Å². The van der Waals surface area contributed by atoms with Crippen LogP contribution in [0.15, 0.2) is 35.5 Å². The molecule has 0 bridgehead atoms. The molecule has 3 rings (SSSR count). The first kappa shape index (κ1) is 27.6. The van der Waals surface area contributed by atoms with Crippen molar-refractivity contribution < 1.29 is 20.4 Å². The van der Waals surface area contributed by atoms with E-state index >= 15 is 0 Å². The van der Waals surface area contributed by atoms with Crippen LogP contribution in [0.3, 0.4) is 0 Å². The molecule has 4 N–H and O–H groups in total. The van der Waals surface area contributed by atoms with E-state index in [0.29, 0.717) is 36.5 Å². The summed E-state index contributed by atoms with van der Waals surface area (Å²) in [4.78, 5) is 0. The van der Waals surface area contributed by atoms with Gasteiger partial charge in [0.05, 0.1) is 17.8 Å². The Morgan fingerprint density at radius 3 is 2.59 bits per heavy atom. The van der Waals surface area contributed by atoms with E-state index in [1.165, 1.54) is 37.7 Å². The Morgan fingerprint density at radius 1 is 1.18 bits per heavy atom. The second-order valence-corrected chi connectivity index (χ2v) is 12.5. The van der Waals surface area contributed by atoms with Crippen molar-refractivity contribution in [3.8, 4) is 0 Å². The second-order valence-electron chi connectivity index (χ2n) is 12.5. The minimum absolute atomic E-state index is 0.0798. The summed E-state index contributed by atoms with van der Waals surface area (Å²) in [6.07, 6.45) is 14.2. The summed E-state index contributed by atoms with van der Waals surface area (Å²) < 4.78 is 0. The van der Waals surface area contributed by atoms with Crippen molar-refractivity contribution in [3.05, 3.63) is 35.5 Å². The van der Waals surface area contributed by atoms with Crippen LogP contribution in [0.1, 0.15) is 98.3 Å². The van der Waals surface area contributed by atoms with Crippen LogP contribution in [-0.2, 0) is 0 Å². The summed E-state index contributed by atoms with van der Waals surface area (Å²) in [7, 11) is 0. The van der Waals surface area contributed by atoms with Crippen LogP contribution in [0.4, 0.5) is 0 Å². The van der Waals surface area contributed by atoms with Gasteiger partial charge in [-0.15, -0.1) is 0 Å². The first-order valence-corrected chi connectivity index (χ1v) is 13.8. The topological polar surface area (TPSA) is 80.9 Å². The lowest BCUT2D eigenvalue weighted by Crippen LogP contribution is -2.38. The van der Waals surface area contributed by atoms with E-state index in [1.54, 1.807) is 0 Å². The minimum Gasteiger partial charge on any atom is -0.396 e. The van der Waals surface area contributed by atoms with Crippen LogP contribution in [0.5, 0.6) is 0 Å². The Kier molecular flexibility index (Phi) is 9.28. The smallest absolute Gasteiger partial charge is 0.0839 e. The first-order valence-electron chi connectivity index (χ1n) is 13.8. The number of allylic oxidation sites excluding steroid dienone is 3. The zero-order chi connectivity index (χ0) is 25.1. The standard InChI is InChI=1S/C30H50O4/c1-20(9-6-16-29(3,4)34)25-14-15-26-22(10-7-17-30(25,26)5)12-13-23-19-27(32)24(11-8-18-31)28(33)21(23)2/h12-13,20,24-28,31-34H,2,6-11,14-19H2,1,3-5H3/b22-12+,23-13+/t20-,24-,25+,26-,27+,28+,30+/m0/s1. The maximum absolute atomic E-state index is 10.7. The van der Waals surface area contributed by atoms with Gasteiger partial charge in [-0.05, 0) is 106 Å². The fourth-order valence-electron chi connectivity index (χ4n) is 7.50. The number of hydrogen-bond donors (Lipinski definition) is 4. The van der Waals surface area contributed by atoms with Crippen LogP contribution in [0, 0.1) is 29.1 Å². The lowest BCUT2D eigenvalue weighted by molar-refractivity contribution is 0.0112. The molecule has 7 atom stereocenters. The molecular formula is C30H50O4. The number of aliphatic hydroxyl groups excluding tert-OH is 3. The van der Waals surface area contributed by atoms with Gasteiger partial charge in [-0.3, -0.25) is 0 Å². The van der Waals surface area contributed by atoms with E-state index in [4.69, 9.17) is 5.11 Å². The number of fused-ring (bicyclic) bond motifs is 1. The molecule has 3 aliphatic rings. The third kappa shape index (κ3) is 6.24. The average Bonchev–Trinajstić information content (AvgIpc) is 3.12. The minimum atomic E-state index is -0.739. The monoisotopic (exact) mass is 474 g/mol. The Hall–Kier alpha value is -0.940. The van der Waals surface area contributed by atoms with E-state index in [9.17, 15) is 15.3 Å². The summed E-state index contributed by atoms with van der Waals surface area (Å²) in [6.45, 7) is 13.0. The zero-order valence-electron chi connectivity index (χ0n) is 22.1. The third-order valence-corrected chi connectivity index (χ3v) is 9.47. The molecule has 0 radical (unpaired) electrons. The molecule has 0 aliphatic heterocycles.